The maximum absolute atomic E-state index is 10.8. The van der Waals surface area contributed by atoms with Crippen LogP contribution in [0.3, 0.4) is 0 Å². The molecule has 98 valence electrons. The second-order valence-corrected chi connectivity index (χ2v) is 5.11. The molecular weight excluding hydrogens is 264 g/mol. The van der Waals surface area contributed by atoms with Gasteiger partial charge in [0, 0.05) is 18.1 Å². The zero-order valence-electron chi connectivity index (χ0n) is 10.3. The van der Waals surface area contributed by atoms with Gasteiger partial charge in [0.2, 0.25) is 5.76 Å². The molecule has 0 spiro atoms. The molecule has 0 aliphatic heterocycles. The number of benzene rings is 1. The molecule has 1 aromatic carbocycles. The van der Waals surface area contributed by atoms with E-state index < -0.39 is 5.97 Å². The first kappa shape index (κ1) is 13.4. The van der Waals surface area contributed by atoms with Crippen LogP contribution in [0.1, 0.15) is 23.0 Å². The molecule has 2 aromatic rings. The van der Waals surface area contributed by atoms with Crippen LogP contribution in [0.15, 0.2) is 34.8 Å². The highest BCUT2D eigenvalue weighted by molar-refractivity contribution is 8.13. The van der Waals surface area contributed by atoms with Crippen LogP contribution < -0.4 is 0 Å². The van der Waals surface area contributed by atoms with Gasteiger partial charge in [-0.15, -0.1) is 0 Å². The van der Waals surface area contributed by atoms with Crippen molar-refractivity contribution in [3.05, 3.63) is 41.7 Å². The zero-order chi connectivity index (χ0) is 13.8. The topological polar surface area (TPSA) is 67.5 Å². The van der Waals surface area contributed by atoms with Crippen molar-refractivity contribution < 1.29 is 19.1 Å². The van der Waals surface area contributed by atoms with Gasteiger partial charge in [-0.3, -0.25) is 4.79 Å². The van der Waals surface area contributed by atoms with Crippen molar-refractivity contribution in [2.24, 2.45) is 0 Å². The fraction of sp³-hybridized carbons (Fsp3) is 0.143. The molecule has 4 nitrogen and oxygen atoms in total. The molecule has 0 aliphatic rings. The second kappa shape index (κ2) is 5.75. The minimum absolute atomic E-state index is 0.0664. The molecule has 19 heavy (non-hydrogen) atoms. The van der Waals surface area contributed by atoms with E-state index in [1.165, 1.54) is 24.8 Å². The third-order valence-corrected chi connectivity index (χ3v) is 3.21. The van der Waals surface area contributed by atoms with Gasteiger partial charge in [-0.2, -0.15) is 0 Å². The van der Waals surface area contributed by atoms with Crippen molar-refractivity contribution in [1.29, 1.82) is 0 Å². The van der Waals surface area contributed by atoms with E-state index in [2.05, 4.69) is 0 Å². The van der Waals surface area contributed by atoms with Crippen LogP contribution in [0.4, 0.5) is 0 Å². The summed E-state index contributed by atoms with van der Waals surface area (Å²) in [5.74, 6) is -0.520. The van der Waals surface area contributed by atoms with Gasteiger partial charge >= 0.3 is 5.97 Å². The molecule has 5 heteroatoms. The van der Waals surface area contributed by atoms with Gasteiger partial charge in [0.1, 0.15) is 5.58 Å². The lowest BCUT2D eigenvalue weighted by atomic mass is 10.1. The first-order chi connectivity index (χ1) is 9.06. The highest BCUT2D eigenvalue weighted by Gasteiger charge is 2.09. The summed E-state index contributed by atoms with van der Waals surface area (Å²) in [7, 11) is 0. The predicted octanol–water partition coefficient (Wildman–Crippen LogP) is 3.42. The van der Waals surface area contributed by atoms with Crippen LogP contribution >= 0.6 is 11.8 Å². The molecule has 0 saturated heterocycles. The molecule has 2 rings (SSSR count). The molecule has 0 saturated carbocycles. The zero-order valence-corrected chi connectivity index (χ0v) is 11.1. The normalized spacial score (nSPS) is 11.2. The van der Waals surface area contributed by atoms with Gasteiger partial charge in [0.15, 0.2) is 5.12 Å². The van der Waals surface area contributed by atoms with Crippen LogP contribution in [0.5, 0.6) is 0 Å². The Morgan fingerprint density at radius 3 is 2.84 bits per heavy atom. The molecule has 1 aromatic heterocycles. The Morgan fingerprint density at radius 1 is 1.37 bits per heavy atom. The summed E-state index contributed by atoms with van der Waals surface area (Å²) in [6.07, 6.45) is 3.79. The molecule has 1 heterocycles. The van der Waals surface area contributed by atoms with Crippen molar-refractivity contribution in [3.63, 3.8) is 0 Å². The minimum Gasteiger partial charge on any atom is -0.475 e. The van der Waals surface area contributed by atoms with Gasteiger partial charge in [0.25, 0.3) is 0 Å². The third-order valence-electron chi connectivity index (χ3n) is 2.44. The van der Waals surface area contributed by atoms with Crippen molar-refractivity contribution >= 4 is 39.9 Å². The Labute approximate surface area is 114 Å². The maximum atomic E-state index is 10.8. The Kier molecular flexibility index (Phi) is 4.06. The Morgan fingerprint density at radius 2 is 2.16 bits per heavy atom. The molecule has 0 atom stereocenters. The van der Waals surface area contributed by atoms with Crippen LogP contribution in [-0.2, 0) is 4.79 Å². The van der Waals surface area contributed by atoms with E-state index in [1.54, 1.807) is 6.07 Å². The molecule has 0 fully saturated rings. The third kappa shape index (κ3) is 3.48. The average molecular weight is 276 g/mol. The van der Waals surface area contributed by atoms with Crippen LogP contribution in [0.25, 0.3) is 17.0 Å². The number of fused-ring (bicyclic) bond motifs is 1. The first-order valence-electron chi connectivity index (χ1n) is 5.63. The number of furan rings is 1. The predicted molar refractivity (Wildman–Crippen MR) is 75.3 cm³/mol. The van der Waals surface area contributed by atoms with Gasteiger partial charge in [0.05, 0.1) is 0 Å². The Balaban J connectivity index is 2.17. The maximum Gasteiger partial charge on any atom is 0.371 e. The van der Waals surface area contributed by atoms with E-state index in [0.717, 1.165) is 10.9 Å². The van der Waals surface area contributed by atoms with Gasteiger partial charge in [-0.25, -0.2) is 4.79 Å². The standard InChI is InChI=1S/C14H12O4S/c1-9(15)19-6-2-3-10-4-5-12-11(7-10)8-13(18-12)14(16)17/h2-5,7-8H,6H2,1H3,(H,16,17). The van der Waals surface area contributed by atoms with Crippen molar-refractivity contribution in [2.45, 2.75) is 6.92 Å². The van der Waals surface area contributed by atoms with Crippen LogP contribution in [0.2, 0.25) is 0 Å². The lowest BCUT2D eigenvalue weighted by Crippen LogP contribution is -1.91. The number of carboxylic acid groups (broad SMARTS) is 1. The fourth-order valence-electron chi connectivity index (χ4n) is 1.62. The Hall–Kier alpha value is -2.01. The smallest absolute Gasteiger partial charge is 0.371 e. The Bertz CT molecular complexity index is 655. The number of rotatable bonds is 4. The molecule has 0 radical (unpaired) electrons. The highest BCUT2D eigenvalue weighted by atomic mass is 32.2. The quantitative estimate of drug-likeness (QED) is 0.926. The summed E-state index contributed by atoms with van der Waals surface area (Å²) in [5, 5.41) is 9.67. The lowest BCUT2D eigenvalue weighted by molar-refractivity contribution is -0.109. The summed E-state index contributed by atoms with van der Waals surface area (Å²) in [5.41, 5.74) is 1.49. The number of hydrogen-bond acceptors (Lipinski definition) is 4. The number of carbonyl (C=O) groups is 2. The summed E-state index contributed by atoms with van der Waals surface area (Å²) in [6.45, 7) is 1.53. The van der Waals surface area contributed by atoms with Crippen molar-refractivity contribution in [3.8, 4) is 0 Å². The van der Waals surface area contributed by atoms with Crippen molar-refractivity contribution in [2.75, 3.05) is 5.75 Å². The first-order valence-corrected chi connectivity index (χ1v) is 6.61. The van der Waals surface area contributed by atoms with Crippen LogP contribution in [-0.4, -0.2) is 21.9 Å². The van der Waals surface area contributed by atoms with Crippen molar-refractivity contribution in [1.82, 2.24) is 0 Å². The summed E-state index contributed by atoms with van der Waals surface area (Å²) < 4.78 is 5.17. The van der Waals surface area contributed by atoms with Gasteiger partial charge < -0.3 is 9.52 Å². The number of thioether (sulfide) groups is 1. The average Bonchev–Trinajstić information content (AvgIpc) is 2.77. The highest BCUT2D eigenvalue weighted by Crippen LogP contribution is 2.21. The van der Waals surface area contributed by atoms with Gasteiger partial charge in [-0.1, -0.05) is 30.0 Å². The molecule has 0 amide bonds. The number of aromatic carboxylic acids is 1. The largest absolute Gasteiger partial charge is 0.475 e. The van der Waals surface area contributed by atoms with E-state index in [4.69, 9.17) is 9.52 Å². The van der Waals surface area contributed by atoms with E-state index >= 15 is 0 Å². The number of carboxylic acids is 1. The summed E-state index contributed by atoms with van der Waals surface area (Å²) in [4.78, 5) is 21.5. The molecule has 0 bridgehead atoms. The second-order valence-electron chi connectivity index (χ2n) is 3.92. The molecule has 0 aliphatic carbocycles. The van der Waals surface area contributed by atoms with E-state index in [0.29, 0.717) is 11.3 Å². The SMILES string of the molecule is CC(=O)SCC=Cc1ccc2oc(C(=O)O)cc2c1. The monoisotopic (exact) mass is 276 g/mol. The van der Waals surface area contributed by atoms with Crippen LogP contribution in [0, 0.1) is 0 Å². The lowest BCUT2D eigenvalue weighted by Gasteiger charge is -1.93. The van der Waals surface area contributed by atoms with E-state index in [-0.39, 0.29) is 10.9 Å². The number of carbonyl (C=O) groups excluding carboxylic acids is 1. The molecule has 0 unspecified atom stereocenters. The minimum atomic E-state index is -1.08. The fourth-order valence-corrected chi connectivity index (χ4v) is 2.05. The number of hydrogen-bond donors (Lipinski definition) is 1. The van der Waals surface area contributed by atoms with Gasteiger partial charge in [-0.05, 0) is 23.8 Å². The van der Waals surface area contributed by atoms with E-state index in [9.17, 15) is 9.59 Å². The molecule has 1 N–H and O–H groups in total. The summed E-state index contributed by atoms with van der Waals surface area (Å²) >= 11 is 1.24. The summed E-state index contributed by atoms with van der Waals surface area (Å²) in [6, 6.07) is 6.92. The molecular formula is C14H12O4S. The van der Waals surface area contributed by atoms with E-state index in [1.807, 2.05) is 24.3 Å².